The van der Waals surface area contributed by atoms with E-state index in [0.29, 0.717) is 32.2 Å². The lowest BCUT2D eigenvalue weighted by Crippen LogP contribution is -2.65. The molecule has 2 aliphatic heterocycles. The zero-order valence-electron chi connectivity index (χ0n) is 21.7. The summed E-state index contributed by atoms with van der Waals surface area (Å²) in [4.78, 5) is 55.6. The first-order valence-corrected chi connectivity index (χ1v) is 12.8. The van der Waals surface area contributed by atoms with E-state index in [1.807, 2.05) is 31.2 Å². The average molecular weight is 518 g/mol. The van der Waals surface area contributed by atoms with Crippen LogP contribution in [0.25, 0.3) is 0 Å². The molecule has 2 aliphatic rings. The molecule has 0 aromatic heterocycles. The van der Waals surface area contributed by atoms with Crippen molar-refractivity contribution in [1.82, 2.24) is 15.1 Å². The molecular formula is C26H39N5O6. The van der Waals surface area contributed by atoms with Gasteiger partial charge in [-0.25, -0.2) is 0 Å². The van der Waals surface area contributed by atoms with E-state index in [9.17, 15) is 29.4 Å². The number of nitrogens with one attached hydrogen (secondary N) is 1. The van der Waals surface area contributed by atoms with Crippen LogP contribution in [0.4, 0.5) is 0 Å². The highest BCUT2D eigenvalue weighted by Gasteiger charge is 2.53. The number of aliphatic hydroxyl groups is 2. The highest BCUT2D eigenvalue weighted by molar-refractivity contribution is 5.98. The molecule has 2 saturated heterocycles. The third kappa shape index (κ3) is 5.94. The number of nitrogens with zero attached hydrogens (tertiary/aromatic N) is 2. The van der Waals surface area contributed by atoms with Crippen LogP contribution < -0.4 is 16.8 Å². The summed E-state index contributed by atoms with van der Waals surface area (Å²) in [6.07, 6.45) is -0.253. The molecule has 1 aromatic carbocycles. The second-order valence-electron chi connectivity index (χ2n) is 10.3. The highest BCUT2D eigenvalue weighted by atomic mass is 16.3. The van der Waals surface area contributed by atoms with Gasteiger partial charge in [0.25, 0.3) is 0 Å². The van der Waals surface area contributed by atoms with E-state index < -0.39 is 53.6 Å². The van der Waals surface area contributed by atoms with Crippen molar-refractivity contribution in [3.63, 3.8) is 0 Å². The van der Waals surface area contributed by atoms with E-state index in [1.54, 1.807) is 0 Å². The number of aliphatic hydroxyl groups excluding tert-OH is 2. The zero-order chi connectivity index (χ0) is 27.5. The molecule has 4 amide bonds. The predicted octanol–water partition coefficient (Wildman–Crippen LogP) is -1.05. The van der Waals surface area contributed by atoms with Gasteiger partial charge in [-0.2, -0.15) is 0 Å². The SMILES string of the molecule is Cc1ccc(CC2(C(=O)N[C@H](C(N)=O)[C@@H](C)O)CCCN2C(=O)C2CCCN2C(=O)[C@@H](N)[C@@H](C)O)cc1. The lowest BCUT2D eigenvalue weighted by Gasteiger charge is -2.41. The lowest BCUT2D eigenvalue weighted by atomic mass is 9.85. The quantitative estimate of drug-likeness (QED) is 0.277. The van der Waals surface area contributed by atoms with Crippen molar-refractivity contribution in [2.75, 3.05) is 13.1 Å². The first-order valence-electron chi connectivity index (χ1n) is 12.8. The van der Waals surface area contributed by atoms with Crippen molar-refractivity contribution < 1.29 is 29.4 Å². The molecule has 0 saturated carbocycles. The van der Waals surface area contributed by atoms with Crippen molar-refractivity contribution in [2.24, 2.45) is 11.5 Å². The maximum atomic E-state index is 14.0. The molecule has 6 atom stereocenters. The fourth-order valence-electron chi connectivity index (χ4n) is 5.31. The van der Waals surface area contributed by atoms with Crippen molar-refractivity contribution in [1.29, 1.82) is 0 Å². The summed E-state index contributed by atoms with van der Waals surface area (Å²) in [6.45, 7) is 5.33. The molecule has 0 radical (unpaired) electrons. The van der Waals surface area contributed by atoms with Gasteiger partial charge in [0.1, 0.15) is 23.7 Å². The first kappa shape index (κ1) is 28.5. The van der Waals surface area contributed by atoms with Crippen molar-refractivity contribution >= 4 is 23.6 Å². The number of hydrogen-bond acceptors (Lipinski definition) is 7. The summed E-state index contributed by atoms with van der Waals surface area (Å²) in [5, 5.41) is 22.5. The fraction of sp³-hybridized carbons (Fsp3) is 0.615. The summed E-state index contributed by atoms with van der Waals surface area (Å²) in [6, 6.07) is 4.31. The standard InChI is InChI=1S/C26H39N5O6/c1-15-7-9-18(10-8-15)14-26(25(37)29-21(17(3)33)22(28)34)11-5-13-31(26)23(35)19-6-4-12-30(19)24(36)20(27)16(2)32/h7-10,16-17,19-21,32-33H,4-6,11-14,27H2,1-3H3,(H2,28,34)(H,29,37)/t16-,17-,19?,20+,21+,26?/m1/s1. The zero-order valence-corrected chi connectivity index (χ0v) is 21.7. The van der Waals surface area contributed by atoms with E-state index in [4.69, 9.17) is 11.5 Å². The first-order chi connectivity index (χ1) is 17.4. The summed E-state index contributed by atoms with van der Waals surface area (Å²) in [5.41, 5.74) is 11.8. The maximum Gasteiger partial charge on any atom is 0.247 e. The minimum Gasteiger partial charge on any atom is -0.391 e. The molecule has 37 heavy (non-hydrogen) atoms. The Bertz CT molecular complexity index is 1010. The average Bonchev–Trinajstić information content (AvgIpc) is 3.50. The second kappa shape index (κ2) is 11.6. The number of rotatable bonds is 9. The Morgan fingerprint density at radius 2 is 1.73 bits per heavy atom. The van der Waals surface area contributed by atoms with Gasteiger partial charge in [-0.15, -0.1) is 0 Å². The number of primary amides is 1. The van der Waals surface area contributed by atoms with Gasteiger partial charge in [0.15, 0.2) is 0 Å². The second-order valence-corrected chi connectivity index (χ2v) is 10.3. The molecule has 204 valence electrons. The van der Waals surface area contributed by atoms with E-state index in [2.05, 4.69) is 5.32 Å². The molecule has 2 heterocycles. The molecule has 2 unspecified atom stereocenters. The van der Waals surface area contributed by atoms with E-state index in [0.717, 1.165) is 11.1 Å². The molecule has 3 rings (SSSR count). The molecular weight excluding hydrogens is 478 g/mol. The van der Waals surface area contributed by atoms with Crippen molar-refractivity contribution in [2.45, 2.75) is 88.7 Å². The Balaban J connectivity index is 1.97. The highest BCUT2D eigenvalue weighted by Crippen LogP contribution is 2.36. The molecule has 0 aliphatic carbocycles. The molecule has 11 nitrogen and oxygen atoms in total. The van der Waals surface area contributed by atoms with Crippen LogP contribution in [0, 0.1) is 6.92 Å². The van der Waals surface area contributed by atoms with Gasteiger partial charge in [-0.05, 0) is 52.0 Å². The van der Waals surface area contributed by atoms with E-state index in [1.165, 1.54) is 23.6 Å². The molecule has 11 heteroatoms. The van der Waals surface area contributed by atoms with Gasteiger partial charge in [0.05, 0.1) is 12.2 Å². The minimum atomic E-state index is -1.35. The smallest absolute Gasteiger partial charge is 0.247 e. The summed E-state index contributed by atoms with van der Waals surface area (Å²) in [5.74, 6) is -2.36. The lowest BCUT2D eigenvalue weighted by molar-refractivity contribution is -0.152. The number of carbonyl (C=O) groups excluding carboxylic acids is 4. The number of carbonyl (C=O) groups is 4. The van der Waals surface area contributed by atoms with Gasteiger partial charge in [-0.3, -0.25) is 19.2 Å². The van der Waals surface area contributed by atoms with Gasteiger partial charge in [0.2, 0.25) is 23.6 Å². The minimum absolute atomic E-state index is 0.185. The number of benzene rings is 1. The van der Waals surface area contributed by atoms with Crippen LogP contribution in [0.2, 0.25) is 0 Å². The van der Waals surface area contributed by atoms with Crippen LogP contribution in [0.3, 0.4) is 0 Å². The van der Waals surface area contributed by atoms with Crippen LogP contribution in [-0.2, 0) is 25.6 Å². The molecule has 7 N–H and O–H groups in total. The molecule has 0 bridgehead atoms. The number of aryl methyl sites for hydroxylation is 1. The third-order valence-corrected chi connectivity index (χ3v) is 7.50. The Hall–Kier alpha value is -3.02. The number of amides is 4. The van der Waals surface area contributed by atoms with Gasteiger partial charge >= 0.3 is 0 Å². The van der Waals surface area contributed by atoms with Crippen LogP contribution in [-0.4, -0.2) is 92.6 Å². The Labute approximate surface area is 217 Å². The van der Waals surface area contributed by atoms with Crippen LogP contribution in [0.15, 0.2) is 24.3 Å². The Kier molecular flexibility index (Phi) is 8.93. The van der Waals surface area contributed by atoms with Gasteiger partial charge < -0.3 is 36.8 Å². The Morgan fingerprint density at radius 1 is 1.08 bits per heavy atom. The normalized spacial score (nSPS) is 24.9. The Morgan fingerprint density at radius 3 is 2.30 bits per heavy atom. The van der Waals surface area contributed by atoms with Gasteiger partial charge in [0, 0.05) is 19.5 Å². The number of likely N-dealkylation sites (tertiary alicyclic amines) is 2. The van der Waals surface area contributed by atoms with E-state index >= 15 is 0 Å². The monoisotopic (exact) mass is 517 g/mol. The van der Waals surface area contributed by atoms with Crippen molar-refractivity contribution in [3.05, 3.63) is 35.4 Å². The number of hydrogen-bond donors (Lipinski definition) is 5. The fourth-order valence-corrected chi connectivity index (χ4v) is 5.31. The van der Waals surface area contributed by atoms with Crippen LogP contribution in [0.5, 0.6) is 0 Å². The topological polar surface area (TPSA) is 179 Å². The van der Waals surface area contributed by atoms with Crippen LogP contribution >= 0.6 is 0 Å². The predicted molar refractivity (Wildman–Crippen MR) is 136 cm³/mol. The summed E-state index contributed by atoms with van der Waals surface area (Å²) < 4.78 is 0. The largest absolute Gasteiger partial charge is 0.391 e. The summed E-state index contributed by atoms with van der Waals surface area (Å²) in [7, 11) is 0. The molecule has 1 aromatic rings. The maximum absolute atomic E-state index is 14.0. The van der Waals surface area contributed by atoms with Gasteiger partial charge in [-0.1, -0.05) is 29.8 Å². The summed E-state index contributed by atoms with van der Waals surface area (Å²) >= 11 is 0. The van der Waals surface area contributed by atoms with Crippen LogP contribution in [0.1, 0.15) is 50.7 Å². The molecule has 0 spiro atoms. The number of nitrogens with two attached hydrogens (primary N) is 2. The third-order valence-electron chi connectivity index (χ3n) is 7.50. The van der Waals surface area contributed by atoms with E-state index in [-0.39, 0.29) is 18.9 Å². The molecule has 2 fully saturated rings. The van der Waals surface area contributed by atoms with Crippen molar-refractivity contribution in [3.8, 4) is 0 Å².